The first-order valence-electron chi connectivity index (χ1n) is 10.8. The molecule has 0 radical (unpaired) electrons. The van der Waals surface area contributed by atoms with E-state index in [9.17, 15) is 9.90 Å². The molecule has 0 bridgehead atoms. The first-order chi connectivity index (χ1) is 16.6. The van der Waals surface area contributed by atoms with Crippen LogP contribution in [0, 0.1) is 0 Å². The molecule has 0 aliphatic rings. The number of hydrogen-bond acceptors (Lipinski definition) is 6. The second-order valence-electron chi connectivity index (χ2n) is 7.85. The second-order valence-corrected chi connectivity index (χ2v) is 7.85. The van der Waals surface area contributed by atoms with Gasteiger partial charge in [-0.1, -0.05) is 72.8 Å². The molecule has 2 aromatic heterocycles. The Hall–Kier alpha value is -3.65. The van der Waals surface area contributed by atoms with E-state index in [0.29, 0.717) is 17.9 Å². The summed E-state index contributed by atoms with van der Waals surface area (Å²) < 4.78 is 0. The summed E-state index contributed by atoms with van der Waals surface area (Å²) in [4.78, 5) is 17.2. The summed E-state index contributed by atoms with van der Waals surface area (Å²) in [6.45, 7) is 0.323. The molecule has 0 atom stereocenters. The van der Waals surface area contributed by atoms with Gasteiger partial charge in [-0.25, -0.2) is 4.98 Å². The van der Waals surface area contributed by atoms with Gasteiger partial charge >= 0.3 is 29.6 Å². The molecule has 8 heteroatoms. The molecule has 35 heavy (non-hydrogen) atoms. The maximum atomic E-state index is 11.0. The molecular weight excluding hydrogens is 449 g/mol. The third-order valence-electron chi connectivity index (χ3n) is 5.43. The van der Waals surface area contributed by atoms with Gasteiger partial charge in [-0.05, 0) is 46.2 Å². The van der Waals surface area contributed by atoms with Crippen molar-refractivity contribution >= 4 is 29.0 Å². The minimum Gasteiger partial charge on any atom is -0.550 e. The van der Waals surface area contributed by atoms with Gasteiger partial charge in [-0.15, -0.1) is 10.2 Å². The fraction of sp³-hybridized carbons (Fsp3) is 0.0741. The number of benzene rings is 3. The second kappa shape index (κ2) is 11.2. The number of tetrazole rings is 1. The van der Waals surface area contributed by atoms with Crippen molar-refractivity contribution in [1.29, 1.82) is 0 Å². The van der Waals surface area contributed by atoms with Crippen LogP contribution in [0.4, 0.5) is 0 Å². The van der Waals surface area contributed by atoms with Crippen molar-refractivity contribution in [2.75, 3.05) is 0 Å². The number of aromatic nitrogens is 5. The monoisotopic (exact) mass is 469 g/mol. The van der Waals surface area contributed by atoms with E-state index in [2.05, 4.69) is 26.5 Å². The Morgan fingerprint density at radius 3 is 2.54 bits per heavy atom. The van der Waals surface area contributed by atoms with E-state index in [4.69, 9.17) is 0 Å². The van der Waals surface area contributed by atoms with Crippen molar-refractivity contribution in [3.63, 3.8) is 0 Å². The Bertz CT molecular complexity index is 1510. The Morgan fingerprint density at radius 1 is 0.886 bits per heavy atom. The molecule has 7 nitrogen and oxygen atoms in total. The van der Waals surface area contributed by atoms with Gasteiger partial charge in [-0.3, -0.25) is 0 Å². The zero-order valence-corrected chi connectivity index (χ0v) is 21.2. The number of carbonyl (C=O) groups excluding carboxylic acids is 1. The van der Waals surface area contributed by atoms with Crippen LogP contribution < -0.4 is 34.7 Å². The van der Waals surface area contributed by atoms with Crippen molar-refractivity contribution < 1.29 is 39.5 Å². The molecule has 0 aliphatic carbocycles. The topological polar surface area (TPSA) is 96.6 Å². The maximum Gasteiger partial charge on any atom is 1.00 e. The third kappa shape index (κ3) is 6.08. The van der Waals surface area contributed by atoms with Gasteiger partial charge in [0.2, 0.25) is 5.82 Å². The first kappa shape index (κ1) is 24.5. The van der Waals surface area contributed by atoms with E-state index in [1.807, 2.05) is 78.9 Å². The normalized spacial score (nSPS) is 11.0. The average molecular weight is 469 g/mol. The van der Waals surface area contributed by atoms with E-state index in [-0.39, 0.29) is 36.0 Å². The van der Waals surface area contributed by atoms with Crippen LogP contribution in [0.1, 0.15) is 22.4 Å². The number of carboxylic acids is 1. The van der Waals surface area contributed by atoms with E-state index in [1.165, 1.54) is 4.80 Å². The summed E-state index contributed by atoms with van der Waals surface area (Å²) in [6, 6.07) is 27.2. The van der Waals surface area contributed by atoms with E-state index < -0.39 is 5.97 Å². The van der Waals surface area contributed by atoms with Crippen LogP contribution in [0.5, 0.6) is 0 Å². The molecule has 166 valence electrons. The number of carboxylic acid groups (broad SMARTS) is 1. The van der Waals surface area contributed by atoms with Crippen LogP contribution in [-0.4, -0.2) is 31.2 Å². The predicted octanol–water partition coefficient (Wildman–Crippen LogP) is 0.403. The molecule has 5 aromatic rings. The zero-order valence-electron chi connectivity index (χ0n) is 19.2. The molecule has 0 unspecified atom stereocenters. The molecule has 5 rings (SSSR count). The molecule has 0 N–H and O–H groups in total. The molecule has 0 amide bonds. The average Bonchev–Trinajstić information content (AvgIpc) is 3.32. The number of rotatable bonds is 7. The first-order valence-corrected chi connectivity index (χ1v) is 10.8. The molecule has 0 spiro atoms. The Labute approximate surface area is 224 Å². The number of hydrogen-bond donors (Lipinski definition) is 0. The number of para-hydroxylation sites is 1. The van der Waals surface area contributed by atoms with Crippen molar-refractivity contribution in [1.82, 2.24) is 25.2 Å². The van der Waals surface area contributed by atoms with Gasteiger partial charge in [0.1, 0.15) is 0 Å². The summed E-state index contributed by atoms with van der Waals surface area (Å²) in [5, 5.41) is 24.9. The summed E-state index contributed by atoms with van der Waals surface area (Å²) in [5.74, 6) is -0.625. The molecular formula is C27H20N5NaO2. The summed E-state index contributed by atoms with van der Waals surface area (Å²) >= 11 is 0. The van der Waals surface area contributed by atoms with E-state index in [1.54, 1.807) is 12.1 Å². The molecule has 0 saturated heterocycles. The zero-order chi connectivity index (χ0) is 23.3. The molecule has 0 fully saturated rings. The molecule has 2 heterocycles. The van der Waals surface area contributed by atoms with Gasteiger partial charge < -0.3 is 9.90 Å². The van der Waals surface area contributed by atoms with Gasteiger partial charge in [0.15, 0.2) is 0 Å². The Kier molecular flexibility index (Phi) is 7.82. The Morgan fingerprint density at radius 2 is 1.69 bits per heavy atom. The Balaban J connectivity index is 0.00000289. The largest absolute Gasteiger partial charge is 1.00 e. The van der Waals surface area contributed by atoms with Crippen LogP contribution in [0.25, 0.3) is 34.4 Å². The number of pyridine rings is 1. The number of aliphatic carboxylic acids is 1. The summed E-state index contributed by atoms with van der Waals surface area (Å²) in [7, 11) is 0. The third-order valence-corrected chi connectivity index (χ3v) is 5.43. The van der Waals surface area contributed by atoms with Crippen LogP contribution >= 0.6 is 0 Å². The number of fused-ring (bicyclic) bond motifs is 1. The quantitative estimate of drug-likeness (QED) is 0.320. The van der Waals surface area contributed by atoms with Crippen molar-refractivity contribution in [2.24, 2.45) is 0 Å². The van der Waals surface area contributed by atoms with Crippen LogP contribution in [0.2, 0.25) is 0 Å². The fourth-order valence-corrected chi connectivity index (χ4v) is 3.76. The summed E-state index contributed by atoms with van der Waals surface area (Å²) in [6.07, 6.45) is 3.82. The standard InChI is InChI=1S/C27H21N5O2.Na/c33-26(34)17-21-8-1-2-9-23(21)18-32-30-27(29-31-32)22-10-5-6-19(16-22)12-14-24-15-13-20-7-3-4-11-25(20)28-24;/h1-16H,17-18H2,(H,33,34);/q;+1/p-1/b14-12+;. The van der Waals surface area contributed by atoms with Gasteiger partial charge in [-0.2, -0.15) is 4.80 Å². The van der Waals surface area contributed by atoms with Crippen LogP contribution in [0.3, 0.4) is 0 Å². The van der Waals surface area contributed by atoms with Gasteiger partial charge in [0.05, 0.1) is 17.8 Å². The van der Waals surface area contributed by atoms with Crippen molar-refractivity contribution in [3.05, 3.63) is 107 Å². The van der Waals surface area contributed by atoms with Crippen LogP contribution in [0.15, 0.2) is 84.9 Å². The molecule has 0 saturated carbocycles. The van der Waals surface area contributed by atoms with Crippen LogP contribution in [-0.2, 0) is 17.8 Å². The van der Waals surface area contributed by atoms with E-state index >= 15 is 0 Å². The summed E-state index contributed by atoms with van der Waals surface area (Å²) in [5.41, 5.74) is 5.15. The van der Waals surface area contributed by atoms with E-state index in [0.717, 1.165) is 33.3 Å². The fourth-order valence-electron chi connectivity index (χ4n) is 3.76. The smallest absolute Gasteiger partial charge is 0.550 e. The minimum atomic E-state index is -1.12. The number of carbonyl (C=O) groups is 1. The van der Waals surface area contributed by atoms with Gasteiger partial charge in [0.25, 0.3) is 0 Å². The van der Waals surface area contributed by atoms with Gasteiger partial charge in [0, 0.05) is 23.3 Å². The maximum absolute atomic E-state index is 11.0. The predicted molar refractivity (Wildman–Crippen MR) is 128 cm³/mol. The SMILES string of the molecule is O=C([O-])Cc1ccccc1Cn1nnc(-c2cccc(/C=C/c3ccc4ccccc4n3)c2)n1.[Na+]. The minimum absolute atomic E-state index is 0. The molecule has 3 aromatic carbocycles. The van der Waals surface area contributed by atoms with Crippen molar-refractivity contribution in [3.8, 4) is 11.4 Å². The van der Waals surface area contributed by atoms with Crippen molar-refractivity contribution in [2.45, 2.75) is 13.0 Å². The molecule has 0 aliphatic heterocycles. The number of nitrogens with zero attached hydrogens (tertiary/aromatic N) is 5.